The highest BCUT2D eigenvalue weighted by Crippen LogP contribution is 2.35. The van der Waals surface area contributed by atoms with Crippen LogP contribution in [0.25, 0.3) is 0 Å². The molecule has 1 amide bonds. The fraction of sp³-hybridized carbons (Fsp3) is 0.400. The SMILES string of the molecule is O=C(c1cnns1)N1CCCCC1c1ccc(C(F)(F)F)cc1. The van der Waals surface area contributed by atoms with Gasteiger partial charge in [-0.1, -0.05) is 16.6 Å². The van der Waals surface area contributed by atoms with Crippen molar-refractivity contribution in [3.8, 4) is 0 Å². The molecule has 23 heavy (non-hydrogen) atoms. The summed E-state index contributed by atoms with van der Waals surface area (Å²) >= 11 is 1.03. The molecule has 0 bridgehead atoms. The molecule has 2 aromatic rings. The van der Waals surface area contributed by atoms with Crippen LogP contribution in [0.1, 0.15) is 46.1 Å². The molecule has 0 saturated carbocycles. The number of hydrogen-bond donors (Lipinski definition) is 0. The topological polar surface area (TPSA) is 46.1 Å². The molecule has 0 spiro atoms. The Bertz CT molecular complexity index is 670. The lowest BCUT2D eigenvalue weighted by Crippen LogP contribution is -2.38. The van der Waals surface area contributed by atoms with Crippen LogP contribution in [0, 0.1) is 0 Å². The van der Waals surface area contributed by atoms with Crippen LogP contribution in [0.5, 0.6) is 0 Å². The number of rotatable bonds is 2. The number of piperidine rings is 1. The zero-order valence-corrected chi connectivity index (χ0v) is 12.9. The molecule has 122 valence electrons. The van der Waals surface area contributed by atoms with E-state index in [1.54, 1.807) is 4.90 Å². The zero-order chi connectivity index (χ0) is 16.4. The number of alkyl halides is 3. The number of likely N-dealkylation sites (tertiary alicyclic amines) is 1. The van der Waals surface area contributed by atoms with Gasteiger partial charge in [-0.05, 0) is 48.5 Å². The molecule has 1 saturated heterocycles. The van der Waals surface area contributed by atoms with E-state index in [2.05, 4.69) is 9.59 Å². The largest absolute Gasteiger partial charge is 0.416 e. The number of carbonyl (C=O) groups excluding carboxylic acids is 1. The van der Waals surface area contributed by atoms with Gasteiger partial charge in [0.2, 0.25) is 0 Å². The van der Waals surface area contributed by atoms with Crippen LogP contribution in [0.2, 0.25) is 0 Å². The molecule has 1 aromatic carbocycles. The summed E-state index contributed by atoms with van der Waals surface area (Å²) in [5.41, 5.74) is 0.0464. The van der Waals surface area contributed by atoms with Gasteiger partial charge in [0, 0.05) is 6.54 Å². The van der Waals surface area contributed by atoms with Gasteiger partial charge in [-0.25, -0.2) is 0 Å². The Labute approximate surface area is 135 Å². The maximum atomic E-state index is 12.7. The molecule has 4 nitrogen and oxygen atoms in total. The first-order chi connectivity index (χ1) is 11.0. The number of amides is 1. The summed E-state index contributed by atoms with van der Waals surface area (Å²) < 4.78 is 41.7. The third-order valence-corrected chi connectivity index (χ3v) is 4.61. The molecule has 1 aliphatic rings. The zero-order valence-electron chi connectivity index (χ0n) is 12.1. The lowest BCUT2D eigenvalue weighted by atomic mass is 9.94. The third kappa shape index (κ3) is 3.36. The Hall–Kier alpha value is -1.96. The average molecular weight is 341 g/mol. The molecular weight excluding hydrogens is 327 g/mol. The van der Waals surface area contributed by atoms with E-state index in [4.69, 9.17) is 0 Å². The van der Waals surface area contributed by atoms with Gasteiger partial charge in [0.25, 0.3) is 5.91 Å². The highest BCUT2D eigenvalue weighted by atomic mass is 32.1. The summed E-state index contributed by atoms with van der Waals surface area (Å²) in [7, 11) is 0. The fourth-order valence-corrected chi connectivity index (χ4v) is 3.29. The van der Waals surface area contributed by atoms with Crippen LogP contribution in [0.3, 0.4) is 0 Å². The molecule has 0 N–H and O–H groups in total. The number of nitrogens with zero attached hydrogens (tertiary/aromatic N) is 3. The van der Waals surface area contributed by atoms with Crippen molar-refractivity contribution in [2.24, 2.45) is 0 Å². The summed E-state index contributed by atoms with van der Waals surface area (Å²) in [4.78, 5) is 14.7. The molecule has 2 heterocycles. The van der Waals surface area contributed by atoms with Gasteiger partial charge >= 0.3 is 6.18 Å². The second kappa shape index (κ2) is 6.27. The number of benzene rings is 1. The van der Waals surface area contributed by atoms with Crippen molar-refractivity contribution in [3.05, 3.63) is 46.5 Å². The third-order valence-electron chi connectivity index (χ3n) is 3.96. The van der Waals surface area contributed by atoms with E-state index >= 15 is 0 Å². The normalized spacial score (nSPS) is 18.9. The Kier molecular flexibility index (Phi) is 4.34. The van der Waals surface area contributed by atoms with E-state index in [0.29, 0.717) is 11.4 Å². The van der Waals surface area contributed by atoms with Crippen LogP contribution in [-0.4, -0.2) is 26.9 Å². The first-order valence-corrected chi connectivity index (χ1v) is 7.99. The molecule has 1 unspecified atom stereocenters. The van der Waals surface area contributed by atoms with Crippen LogP contribution in [-0.2, 0) is 6.18 Å². The second-order valence-corrected chi connectivity index (χ2v) is 6.20. The van der Waals surface area contributed by atoms with Crippen LogP contribution >= 0.6 is 11.5 Å². The number of carbonyl (C=O) groups is 1. The molecular formula is C15H14F3N3OS. The van der Waals surface area contributed by atoms with Gasteiger partial charge in [0.1, 0.15) is 4.88 Å². The van der Waals surface area contributed by atoms with Crippen LogP contribution in [0.15, 0.2) is 30.5 Å². The maximum Gasteiger partial charge on any atom is 0.416 e. The van der Waals surface area contributed by atoms with Crippen molar-refractivity contribution in [2.75, 3.05) is 6.54 Å². The summed E-state index contributed by atoms with van der Waals surface area (Å²) in [6, 6.07) is 4.86. The standard InChI is InChI=1S/C15H14F3N3OS/c16-15(17,18)11-6-4-10(5-7-11)12-3-1-2-8-21(12)14(22)13-9-19-20-23-13/h4-7,9,12H,1-3,8H2. The summed E-state index contributed by atoms with van der Waals surface area (Å²) in [5.74, 6) is -0.162. The van der Waals surface area contributed by atoms with Gasteiger partial charge in [-0.15, -0.1) is 5.10 Å². The summed E-state index contributed by atoms with van der Waals surface area (Å²) in [5, 5.41) is 3.67. The highest BCUT2D eigenvalue weighted by Gasteiger charge is 2.32. The molecule has 1 fully saturated rings. The Balaban J connectivity index is 1.85. The number of aromatic nitrogens is 2. The minimum atomic E-state index is -4.35. The molecule has 1 aromatic heterocycles. The van der Waals surface area contributed by atoms with Gasteiger partial charge in [-0.2, -0.15) is 13.2 Å². The van der Waals surface area contributed by atoms with Crippen molar-refractivity contribution in [1.82, 2.24) is 14.5 Å². The van der Waals surface area contributed by atoms with E-state index in [1.807, 2.05) is 0 Å². The smallest absolute Gasteiger partial charge is 0.331 e. The number of hydrogen-bond acceptors (Lipinski definition) is 4. The van der Waals surface area contributed by atoms with E-state index < -0.39 is 11.7 Å². The minimum absolute atomic E-state index is 0.162. The Morgan fingerprint density at radius 3 is 2.57 bits per heavy atom. The average Bonchev–Trinajstić information content (AvgIpc) is 3.08. The minimum Gasteiger partial charge on any atom is -0.331 e. The van der Waals surface area contributed by atoms with Crippen LogP contribution < -0.4 is 0 Å². The molecule has 3 rings (SSSR count). The molecule has 1 aliphatic heterocycles. The summed E-state index contributed by atoms with van der Waals surface area (Å²) in [6.07, 6.45) is -0.366. The maximum absolute atomic E-state index is 12.7. The first kappa shape index (κ1) is 15.9. The lowest BCUT2D eigenvalue weighted by Gasteiger charge is -2.35. The number of halogens is 3. The molecule has 1 atom stereocenters. The van der Waals surface area contributed by atoms with Crippen molar-refractivity contribution >= 4 is 17.4 Å². The lowest BCUT2D eigenvalue weighted by molar-refractivity contribution is -0.137. The quantitative estimate of drug-likeness (QED) is 0.832. The predicted molar refractivity (Wildman–Crippen MR) is 79.0 cm³/mol. The molecule has 0 aliphatic carbocycles. The van der Waals surface area contributed by atoms with Gasteiger partial charge < -0.3 is 4.90 Å². The van der Waals surface area contributed by atoms with E-state index in [0.717, 1.165) is 48.5 Å². The van der Waals surface area contributed by atoms with E-state index in [-0.39, 0.29) is 11.9 Å². The van der Waals surface area contributed by atoms with E-state index in [9.17, 15) is 18.0 Å². The molecule has 8 heteroatoms. The van der Waals surface area contributed by atoms with Gasteiger partial charge in [0.15, 0.2) is 0 Å². The Morgan fingerprint density at radius 2 is 1.96 bits per heavy atom. The Morgan fingerprint density at radius 1 is 1.22 bits per heavy atom. The van der Waals surface area contributed by atoms with Crippen molar-refractivity contribution < 1.29 is 18.0 Å². The predicted octanol–water partition coefficient (Wildman–Crippen LogP) is 3.92. The van der Waals surface area contributed by atoms with Crippen molar-refractivity contribution in [1.29, 1.82) is 0 Å². The fourth-order valence-electron chi connectivity index (χ4n) is 2.82. The monoisotopic (exact) mass is 341 g/mol. The van der Waals surface area contributed by atoms with Crippen molar-refractivity contribution in [2.45, 2.75) is 31.5 Å². The van der Waals surface area contributed by atoms with Crippen LogP contribution in [0.4, 0.5) is 13.2 Å². The van der Waals surface area contributed by atoms with Crippen molar-refractivity contribution in [3.63, 3.8) is 0 Å². The highest BCUT2D eigenvalue weighted by molar-refractivity contribution is 7.07. The second-order valence-electron chi connectivity index (χ2n) is 5.41. The molecule has 0 radical (unpaired) electrons. The van der Waals surface area contributed by atoms with Gasteiger partial charge in [0.05, 0.1) is 17.8 Å². The van der Waals surface area contributed by atoms with E-state index in [1.165, 1.54) is 18.3 Å². The first-order valence-electron chi connectivity index (χ1n) is 7.22. The van der Waals surface area contributed by atoms with Gasteiger partial charge in [-0.3, -0.25) is 4.79 Å². The summed E-state index contributed by atoms with van der Waals surface area (Å²) in [6.45, 7) is 0.586.